The Morgan fingerprint density at radius 1 is 0.969 bits per heavy atom. The number of hydrogen-bond acceptors (Lipinski definition) is 6. The minimum Gasteiger partial charge on any atom is -0.394 e. The molecule has 2 N–H and O–H groups in total. The average Bonchev–Trinajstić information content (AvgIpc) is 2.79. The van der Waals surface area contributed by atoms with E-state index in [0.29, 0.717) is 12.5 Å². The zero-order valence-corrected chi connectivity index (χ0v) is 20.4. The van der Waals surface area contributed by atoms with E-state index in [1.54, 1.807) is 0 Å². The maximum absolute atomic E-state index is 10.5. The van der Waals surface area contributed by atoms with Crippen LogP contribution in [0, 0.1) is 13.8 Å². The van der Waals surface area contributed by atoms with Crippen LogP contribution in [0.25, 0.3) is 0 Å². The number of aryl methyl sites for hydroxylation is 2. The van der Waals surface area contributed by atoms with Crippen molar-refractivity contribution in [3.8, 4) is 0 Å². The summed E-state index contributed by atoms with van der Waals surface area (Å²) < 4.78 is 25.5. The minimum absolute atomic E-state index is 0.294. The molecule has 0 spiro atoms. The molecule has 174 valence electrons. The first-order chi connectivity index (χ1) is 15.3. The van der Waals surface area contributed by atoms with E-state index >= 15 is 0 Å². The number of hydrogen-bond donors (Lipinski definition) is 2. The molecule has 32 heavy (non-hydrogen) atoms. The number of rotatable bonds is 5. The summed E-state index contributed by atoms with van der Waals surface area (Å²) in [5.74, 6) is 0.377. The van der Waals surface area contributed by atoms with Crippen LogP contribution in [-0.2, 0) is 18.9 Å². The van der Waals surface area contributed by atoms with Crippen LogP contribution in [0.2, 0.25) is 0 Å². The Morgan fingerprint density at radius 2 is 1.69 bits per heavy atom. The summed E-state index contributed by atoms with van der Waals surface area (Å²) in [5.41, 5.74) is 5.26. The highest BCUT2D eigenvalue weighted by atomic mass is 79.9. The molecule has 0 aliphatic carbocycles. The summed E-state index contributed by atoms with van der Waals surface area (Å²) in [7, 11) is 0. The fourth-order valence-electron chi connectivity index (χ4n) is 4.18. The first-order valence-corrected chi connectivity index (χ1v) is 11.8. The van der Waals surface area contributed by atoms with Crippen LogP contribution in [0.15, 0.2) is 40.9 Å². The normalized spacial score (nSPS) is 29.1. The van der Waals surface area contributed by atoms with E-state index in [-0.39, 0.29) is 0 Å². The van der Waals surface area contributed by atoms with E-state index in [0.717, 1.165) is 21.2 Å². The van der Waals surface area contributed by atoms with Crippen molar-refractivity contribution < 1.29 is 29.2 Å². The van der Waals surface area contributed by atoms with E-state index < -0.39 is 43.6 Å². The van der Waals surface area contributed by atoms with Crippen LogP contribution in [0.1, 0.15) is 60.2 Å². The maximum Gasteiger partial charge on any atom is 0.185 e. The Bertz CT molecular complexity index is 948. The van der Waals surface area contributed by atoms with E-state index in [1.807, 2.05) is 43.3 Å². The molecule has 2 saturated heterocycles. The lowest BCUT2D eigenvalue weighted by molar-refractivity contribution is -0.373. The van der Waals surface area contributed by atoms with Crippen molar-refractivity contribution >= 4 is 15.9 Å². The molecular weight excluding hydrogens is 476 g/mol. The van der Waals surface area contributed by atoms with Crippen molar-refractivity contribution in [3.05, 3.63) is 68.7 Å². The lowest BCUT2D eigenvalue weighted by Gasteiger charge is -2.47. The lowest BCUT2D eigenvalue weighted by Crippen LogP contribution is -2.58. The van der Waals surface area contributed by atoms with Gasteiger partial charge in [0.2, 0.25) is 0 Å². The molecule has 2 aromatic carbocycles. The van der Waals surface area contributed by atoms with E-state index in [1.165, 1.54) is 11.1 Å². The smallest absolute Gasteiger partial charge is 0.185 e. The fourth-order valence-corrected chi connectivity index (χ4v) is 5.03. The third-order valence-corrected chi connectivity index (χ3v) is 6.94. The quantitative estimate of drug-likeness (QED) is 0.624. The van der Waals surface area contributed by atoms with E-state index in [4.69, 9.17) is 18.9 Å². The second-order valence-corrected chi connectivity index (χ2v) is 9.76. The van der Waals surface area contributed by atoms with Gasteiger partial charge in [-0.05, 0) is 42.5 Å². The van der Waals surface area contributed by atoms with Crippen molar-refractivity contribution in [2.45, 2.75) is 70.6 Å². The molecule has 6 atom stereocenters. The highest BCUT2D eigenvalue weighted by Crippen LogP contribution is 2.40. The van der Waals surface area contributed by atoms with Crippen LogP contribution >= 0.6 is 15.9 Å². The Kier molecular flexibility index (Phi) is 7.36. The Morgan fingerprint density at radius 3 is 2.34 bits per heavy atom. The monoisotopic (exact) mass is 506 g/mol. The summed E-state index contributed by atoms with van der Waals surface area (Å²) in [6, 6.07) is 12.0. The molecule has 0 aromatic heterocycles. The number of fused-ring (bicyclic) bond motifs is 1. The molecule has 0 bridgehead atoms. The minimum atomic E-state index is -1.11. The summed E-state index contributed by atoms with van der Waals surface area (Å²) >= 11 is 3.64. The molecule has 4 rings (SSSR count). The van der Waals surface area contributed by atoms with Crippen molar-refractivity contribution in [1.82, 2.24) is 0 Å². The molecule has 2 aromatic rings. The van der Waals surface area contributed by atoms with Crippen LogP contribution in [0.3, 0.4) is 0 Å². The van der Waals surface area contributed by atoms with Gasteiger partial charge < -0.3 is 29.2 Å². The average molecular weight is 507 g/mol. The topological polar surface area (TPSA) is 77.4 Å². The van der Waals surface area contributed by atoms with Gasteiger partial charge in [-0.3, -0.25) is 0 Å². The van der Waals surface area contributed by atoms with Crippen LogP contribution in [0.4, 0.5) is 0 Å². The predicted octanol–water partition coefficient (Wildman–Crippen LogP) is 4.44. The van der Waals surface area contributed by atoms with Gasteiger partial charge in [-0.2, -0.15) is 0 Å². The van der Waals surface area contributed by atoms with Crippen molar-refractivity contribution in [2.75, 3.05) is 13.2 Å². The molecular formula is C25H31BrO6. The molecule has 0 amide bonds. The van der Waals surface area contributed by atoms with E-state index in [9.17, 15) is 10.2 Å². The van der Waals surface area contributed by atoms with Gasteiger partial charge in [-0.15, -0.1) is 0 Å². The second kappa shape index (κ2) is 9.89. The van der Waals surface area contributed by atoms with Gasteiger partial charge in [0.1, 0.15) is 24.4 Å². The number of ether oxygens (including phenoxy) is 4. The van der Waals surface area contributed by atoms with Gasteiger partial charge in [0.25, 0.3) is 0 Å². The Labute approximate surface area is 197 Å². The van der Waals surface area contributed by atoms with Crippen molar-refractivity contribution in [2.24, 2.45) is 0 Å². The van der Waals surface area contributed by atoms with Gasteiger partial charge in [-0.1, -0.05) is 60.1 Å². The van der Waals surface area contributed by atoms with E-state index in [2.05, 4.69) is 36.7 Å². The van der Waals surface area contributed by atoms with Gasteiger partial charge in [0.15, 0.2) is 12.6 Å². The standard InChI is InChI=1S/C25H31BrO6/c1-13(2)18-8-7-17(10-19(18)26)25-30-21-12-29-24(16-6-5-14(3)15(4)9-16)32-23(21)22(31-25)20(28)11-27/h5-10,13,20-25,27-28H,11-12H2,1-4H3/t20-,21+,22-,23-,24?,25?/m1/s1. The third-order valence-electron chi connectivity index (χ3n) is 6.25. The highest BCUT2D eigenvalue weighted by Gasteiger charge is 2.48. The summed E-state index contributed by atoms with van der Waals surface area (Å²) in [4.78, 5) is 0. The molecule has 0 saturated carbocycles. The van der Waals surface area contributed by atoms with Crippen molar-refractivity contribution in [3.63, 3.8) is 0 Å². The Hall–Kier alpha value is -1.32. The van der Waals surface area contributed by atoms with Gasteiger partial charge in [0, 0.05) is 15.6 Å². The van der Waals surface area contributed by atoms with Crippen LogP contribution < -0.4 is 0 Å². The Balaban J connectivity index is 1.56. The second-order valence-electron chi connectivity index (χ2n) is 8.90. The SMILES string of the molecule is Cc1ccc(C2OC[C@@H]3OC(c4ccc(C(C)C)c(Br)c4)O[C@H]([C@H](O)CO)[C@@H]3O2)cc1C. The zero-order valence-electron chi connectivity index (χ0n) is 18.8. The van der Waals surface area contributed by atoms with Gasteiger partial charge in [0.05, 0.1) is 13.2 Å². The number of halogens is 1. The molecule has 2 fully saturated rings. The lowest BCUT2D eigenvalue weighted by atomic mass is 9.98. The van der Waals surface area contributed by atoms with Crippen LogP contribution in [-0.4, -0.2) is 47.8 Å². The molecule has 2 aliphatic rings. The summed E-state index contributed by atoms with van der Waals surface area (Å²) in [5, 5.41) is 20.2. The fraction of sp³-hybridized carbons (Fsp3) is 0.520. The zero-order chi connectivity index (χ0) is 23.0. The number of aliphatic hydroxyl groups excluding tert-OH is 2. The molecule has 2 unspecified atom stereocenters. The van der Waals surface area contributed by atoms with Gasteiger partial charge >= 0.3 is 0 Å². The first kappa shape index (κ1) is 23.8. The largest absolute Gasteiger partial charge is 0.394 e. The highest BCUT2D eigenvalue weighted by molar-refractivity contribution is 9.10. The number of aliphatic hydroxyl groups is 2. The summed E-state index contributed by atoms with van der Waals surface area (Å²) in [6.45, 7) is 8.23. The third kappa shape index (κ3) is 4.80. The molecule has 6 nitrogen and oxygen atoms in total. The number of benzene rings is 2. The molecule has 7 heteroatoms. The maximum atomic E-state index is 10.5. The molecule has 2 heterocycles. The first-order valence-electron chi connectivity index (χ1n) is 11.0. The predicted molar refractivity (Wildman–Crippen MR) is 123 cm³/mol. The van der Waals surface area contributed by atoms with Gasteiger partial charge in [-0.25, -0.2) is 0 Å². The molecule has 0 radical (unpaired) electrons. The van der Waals surface area contributed by atoms with Crippen molar-refractivity contribution in [1.29, 1.82) is 0 Å². The summed E-state index contributed by atoms with van der Waals surface area (Å²) in [6.07, 6.45) is -4.17. The van der Waals surface area contributed by atoms with Crippen LogP contribution in [0.5, 0.6) is 0 Å². The molecule has 2 aliphatic heterocycles.